The number of rotatable bonds is 4. The highest BCUT2D eigenvalue weighted by molar-refractivity contribution is 9.10. The summed E-state index contributed by atoms with van der Waals surface area (Å²) in [6.45, 7) is 4.74. The molecule has 0 fully saturated rings. The van der Waals surface area contributed by atoms with Crippen LogP contribution in [0.15, 0.2) is 33.5 Å². The van der Waals surface area contributed by atoms with E-state index in [-0.39, 0.29) is 5.82 Å². The van der Waals surface area contributed by atoms with Crippen LogP contribution in [0.2, 0.25) is 0 Å². The normalized spacial score (nSPS) is 11.2. The Morgan fingerprint density at radius 1 is 1.44 bits per heavy atom. The molecule has 0 spiro atoms. The number of halogens is 2. The van der Waals surface area contributed by atoms with Crippen molar-refractivity contribution in [2.24, 2.45) is 0 Å². The van der Waals surface area contributed by atoms with Gasteiger partial charge < -0.3 is 9.73 Å². The molecule has 0 saturated carbocycles. The lowest BCUT2D eigenvalue weighted by molar-refractivity contribution is 0.562. The fourth-order valence-corrected chi connectivity index (χ4v) is 2.12. The second-order valence-electron chi connectivity index (χ2n) is 4.29. The highest BCUT2D eigenvalue weighted by Crippen LogP contribution is 2.31. The largest absolute Gasteiger partial charge is 0.443 e. The Kier molecular flexibility index (Phi) is 4.14. The van der Waals surface area contributed by atoms with Gasteiger partial charge in [-0.05, 0) is 34.1 Å². The summed E-state index contributed by atoms with van der Waals surface area (Å²) < 4.78 is 19.1. The summed E-state index contributed by atoms with van der Waals surface area (Å²) in [4.78, 5) is 4.18. The highest BCUT2D eigenvalue weighted by atomic mass is 79.9. The molecule has 0 amide bonds. The molecule has 3 nitrogen and oxygen atoms in total. The number of hydrogen-bond acceptors (Lipinski definition) is 3. The van der Waals surface area contributed by atoms with Crippen molar-refractivity contribution in [3.8, 4) is 11.3 Å². The van der Waals surface area contributed by atoms with Crippen LogP contribution >= 0.6 is 15.9 Å². The predicted octanol–water partition coefficient (Wildman–Crippen LogP) is 3.74. The van der Waals surface area contributed by atoms with Crippen molar-refractivity contribution in [3.05, 3.63) is 40.6 Å². The van der Waals surface area contributed by atoms with Crippen molar-refractivity contribution in [2.45, 2.75) is 26.4 Å². The third-order valence-corrected chi connectivity index (χ3v) is 3.15. The molecule has 0 unspecified atom stereocenters. The molecule has 0 aliphatic carbocycles. The van der Waals surface area contributed by atoms with Crippen molar-refractivity contribution in [3.63, 3.8) is 0 Å². The SMILES string of the molecule is CC(C)NCc1ncoc1-c1ccc(F)cc1Br. The van der Waals surface area contributed by atoms with Gasteiger partial charge in [-0.1, -0.05) is 13.8 Å². The Hall–Kier alpha value is -1.20. The molecule has 1 heterocycles. The Morgan fingerprint density at radius 2 is 2.22 bits per heavy atom. The Labute approximate surface area is 114 Å². The minimum Gasteiger partial charge on any atom is -0.443 e. The summed E-state index contributed by atoms with van der Waals surface area (Å²) in [5.74, 6) is 0.377. The third-order valence-electron chi connectivity index (χ3n) is 2.49. The molecular weight excluding hydrogens is 299 g/mol. The van der Waals surface area contributed by atoms with Gasteiger partial charge in [0, 0.05) is 22.6 Å². The monoisotopic (exact) mass is 312 g/mol. The maximum Gasteiger partial charge on any atom is 0.181 e. The van der Waals surface area contributed by atoms with Crippen LogP contribution in [0.5, 0.6) is 0 Å². The fourth-order valence-electron chi connectivity index (χ4n) is 1.59. The second-order valence-corrected chi connectivity index (χ2v) is 5.14. The predicted molar refractivity (Wildman–Crippen MR) is 71.6 cm³/mol. The van der Waals surface area contributed by atoms with Gasteiger partial charge in [0.2, 0.25) is 0 Å². The molecule has 5 heteroatoms. The molecule has 1 aromatic heterocycles. The molecule has 0 atom stereocenters. The smallest absolute Gasteiger partial charge is 0.181 e. The van der Waals surface area contributed by atoms with Gasteiger partial charge >= 0.3 is 0 Å². The summed E-state index contributed by atoms with van der Waals surface area (Å²) in [5.41, 5.74) is 1.62. The second kappa shape index (κ2) is 5.63. The average Bonchev–Trinajstić information content (AvgIpc) is 2.74. The van der Waals surface area contributed by atoms with E-state index in [0.717, 1.165) is 11.3 Å². The van der Waals surface area contributed by atoms with Crippen LogP contribution in [0.25, 0.3) is 11.3 Å². The van der Waals surface area contributed by atoms with Gasteiger partial charge in [0.15, 0.2) is 12.2 Å². The summed E-state index contributed by atoms with van der Waals surface area (Å²) in [5, 5.41) is 3.28. The number of nitrogens with one attached hydrogen (secondary N) is 1. The zero-order chi connectivity index (χ0) is 13.1. The lowest BCUT2D eigenvalue weighted by Gasteiger charge is -2.08. The van der Waals surface area contributed by atoms with Crippen molar-refractivity contribution in [2.75, 3.05) is 0 Å². The molecule has 18 heavy (non-hydrogen) atoms. The first-order valence-corrected chi connectivity index (χ1v) is 6.48. The van der Waals surface area contributed by atoms with Crippen molar-refractivity contribution in [1.82, 2.24) is 10.3 Å². The van der Waals surface area contributed by atoms with E-state index in [1.54, 1.807) is 6.07 Å². The summed E-state index contributed by atoms with van der Waals surface area (Å²) in [6, 6.07) is 4.87. The zero-order valence-corrected chi connectivity index (χ0v) is 11.8. The number of hydrogen-bond donors (Lipinski definition) is 1. The minimum atomic E-state index is -0.285. The van der Waals surface area contributed by atoms with Gasteiger partial charge in [-0.2, -0.15) is 0 Å². The number of aromatic nitrogens is 1. The van der Waals surface area contributed by atoms with Crippen LogP contribution in [-0.4, -0.2) is 11.0 Å². The number of oxazole rings is 1. The average molecular weight is 313 g/mol. The molecule has 2 rings (SSSR count). The van der Waals surface area contributed by atoms with E-state index < -0.39 is 0 Å². The molecule has 0 aliphatic heterocycles. The lowest BCUT2D eigenvalue weighted by atomic mass is 10.1. The summed E-state index contributed by atoms with van der Waals surface area (Å²) in [6.07, 6.45) is 1.41. The minimum absolute atomic E-state index is 0.285. The Balaban J connectivity index is 2.30. The van der Waals surface area contributed by atoms with Crippen molar-refractivity contribution < 1.29 is 8.81 Å². The van der Waals surface area contributed by atoms with Gasteiger partial charge in [0.25, 0.3) is 0 Å². The van der Waals surface area contributed by atoms with Crippen LogP contribution in [0.1, 0.15) is 19.5 Å². The van der Waals surface area contributed by atoms with Gasteiger partial charge in [-0.15, -0.1) is 0 Å². The molecule has 0 saturated heterocycles. The van der Waals surface area contributed by atoms with Gasteiger partial charge in [0.1, 0.15) is 11.5 Å². The molecule has 1 aromatic carbocycles. The molecule has 96 valence electrons. The maximum absolute atomic E-state index is 13.1. The number of benzene rings is 1. The summed E-state index contributed by atoms with van der Waals surface area (Å²) in [7, 11) is 0. The molecule has 0 aliphatic rings. The Morgan fingerprint density at radius 3 is 2.89 bits per heavy atom. The van der Waals surface area contributed by atoms with E-state index >= 15 is 0 Å². The van der Waals surface area contributed by atoms with Crippen LogP contribution in [0, 0.1) is 5.82 Å². The quantitative estimate of drug-likeness (QED) is 0.934. The molecule has 0 bridgehead atoms. The third kappa shape index (κ3) is 2.97. The van der Waals surface area contributed by atoms with E-state index in [2.05, 4.69) is 40.1 Å². The molecule has 2 aromatic rings. The van der Waals surface area contributed by atoms with Crippen LogP contribution in [0.4, 0.5) is 4.39 Å². The van der Waals surface area contributed by atoms with Gasteiger partial charge in [0.05, 0.1) is 0 Å². The topological polar surface area (TPSA) is 38.1 Å². The Bertz CT molecular complexity index is 540. The van der Waals surface area contributed by atoms with Crippen molar-refractivity contribution in [1.29, 1.82) is 0 Å². The fraction of sp³-hybridized carbons (Fsp3) is 0.308. The van der Waals surface area contributed by atoms with Crippen LogP contribution in [-0.2, 0) is 6.54 Å². The van der Waals surface area contributed by atoms with Crippen molar-refractivity contribution >= 4 is 15.9 Å². The van der Waals surface area contributed by atoms with Crippen LogP contribution in [0.3, 0.4) is 0 Å². The highest BCUT2D eigenvalue weighted by Gasteiger charge is 2.14. The van der Waals surface area contributed by atoms with Gasteiger partial charge in [-0.3, -0.25) is 0 Å². The zero-order valence-electron chi connectivity index (χ0n) is 10.2. The maximum atomic E-state index is 13.1. The first-order valence-electron chi connectivity index (χ1n) is 5.69. The van der Waals surface area contributed by atoms with E-state index in [1.165, 1.54) is 18.5 Å². The standard InChI is InChI=1S/C13H14BrFN2O/c1-8(2)16-6-12-13(18-7-17-12)10-4-3-9(15)5-11(10)14/h3-5,7-8,16H,6H2,1-2H3. The number of nitrogens with zero attached hydrogens (tertiary/aromatic N) is 1. The van der Waals surface area contributed by atoms with Gasteiger partial charge in [-0.25, -0.2) is 9.37 Å². The van der Waals surface area contributed by atoms with E-state index in [9.17, 15) is 4.39 Å². The first kappa shape index (κ1) is 13.2. The lowest BCUT2D eigenvalue weighted by Crippen LogP contribution is -2.22. The molecule has 0 radical (unpaired) electrons. The first-order chi connectivity index (χ1) is 8.58. The summed E-state index contributed by atoms with van der Waals surface area (Å²) >= 11 is 3.33. The van der Waals surface area contributed by atoms with E-state index in [0.29, 0.717) is 22.8 Å². The molecule has 1 N–H and O–H groups in total. The van der Waals surface area contributed by atoms with E-state index in [1.807, 2.05) is 0 Å². The van der Waals surface area contributed by atoms with Crippen LogP contribution < -0.4 is 5.32 Å². The molecular formula is C13H14BrFN2O. The van der Waals surface area contributed by atoms with E-state index in [4.69, 9.17) is 4.42 Å².